The number of aromatic nitrogens is 1. The number of hydrogen-bond donors (Lipinski definition) is 1. The molecule has 2 aromatic rings. The lowest BCUT2D eigenvalue weighted by Crippen LogP contribution is -2.30. The van der Waals surface area contributed by atoms with Crippen molar-refractivity contribution >= 4 is 21.6 Å². The number of sulfonamides is 1. The fraction of sp³-hybridized carbons (Fsp3) is 0.250. The first-order chi connectivity index (χ1) is 9.45. The number of furan rings is 1. The standard InChI is InChI=1S/C12H13ClN2O4S/c1-2-15(8-9-4-3-5-19-9)20(17,18)10-6-11(13)12(16)14-7-10/h3-7H,2,8H2,1H3,(H,14,16). The number of aromatic amines is 1. The topological polar surface area (TPSA) is 83.4 Å². The van der Waals surface area contributed by atoms with Gasteiger partial charge in [-0.25, -0.2) is 8.42 Å². The van der Waals surface area contributed by atoms with Gasteiger partial charge in [0.25, 0.3) is 5.56 Å². The van der Waals surface area contributed by atoms with E-state index in [9.17, 15) is 13.2 Å². The zero-order chi connectivity index (χ0) is 14.8. The number of hydrogen-bond acceptors (Lipinski definition) is 4. The first-order valence-electron chi connectivity index (χ1n) is 5.86. The summed E-state index contributed by atoms with van der Waals surface area (Å²) in [7, 11) is -3.75. The number of pyridine rings is 1. The van der Waals surface area contributed by atoms with Gasteiger partial charge in [-0.1, -0.05) is 18.5 Å². The quantitative estimate of drug-likeness (QED) is 0.912. The van der Waals surface area contributed by atoms with Crippen LogP contribution in [0.1, 0.15) is 12.7 Å². The highest BCUT2D eigenvalue weighted by Gasteiger charge is 2.24. The SMILES string of the molecule is CCN(Cc1ccco1)S(=O)(=O)c1c[nH]c(=O)c(Cl)c1. The van der Waals surface area contributed by atoms with Crippen LogP contribution >= 0.6 is 11.6 Å². The van der Waals surface area contributed by atoms with Crippen molar-refractivity contribution in [2.45, 2.75) is 18.4 Å². The Balaban J connectivity index is 2.36. The molecule has 1 N–H and O–H groups in total. The predicted octanol–water partition coefficient (Wildman–Crippen LogP) is 1.83. The van der Waals surface area contributed by atoms with Crippen LogP contribution in [0.25, 0.3) is 0 Å². The fourth-order valence-electron chi connectivity index (χ4n) is 1.68. The Morgan fingerprint density at radius 1 is 1.45 bits per heavy atom. The first kappa shape index (κ1) is 14.8. The van der Waals surface area contributed by atoms with Crippen LogP contribution in [0.3, 0.4) is 0 Å². The minimum Gasteiger partial charge on any atom is -0.468 e. The van der Waals surface area contributed by atoms with E-state index in [0.717, 1.165) is 12.3 Å². The molecular formula is C12H13ClN2O4S. The normalized spacial score (nSPS) is 11.9. The van der Waals surface area contributed by atoms with Crippen LogP contribution in [0.5, 0.6) is 0 Å². The Labute approximate surface area is 121 Å². The van der Waals surface area contributed by atoms with E-state index < -0.39 is 15.6 Å². The van der Waals surface area contributed by atoms with Gasteiger partial charge in [0.15, 0.2) is 0 Å². The summed E-state index contributed by atoms with van der Waals surface area (Å²) in [6.45, 7) is 2.09. The molecule has 0 aliphatic carbocycles. The highest BCUT2D eigenvalue weighted by molar-refractivity contribution is 7.89. The summed E-state index contributed by atoms with van der Waals surface area (Å²) in [4.78, 5) is 13.4. The van der Waals surface area contributed by atoms with Crippen LogP contribution in [0.2, 0.25) is 5.02 Å². The van der Waals surface area contributed by atoms with Gasteiger partial charge in [-0.05, 0) is 18.2 Å². The maximum atomic E-state index is 12.5. The lowest BCUT2D eigenvalue weighted by atomic mass is 10.4. The summed E-state index contributed by atoms with van der Waals surface area (Å²) < 4.78 is 31.3. The summed E-state index contributed by atoms with van der Waals surface area (Å²) in [5.41, 5.74) is -0.528. The number of halogens is 1. The van der Waals surface area contributed by atoms with Crippen molar-refractivity contribution < 1.29 is 12.8 Å². The molecule has 0 atom stereocenters. The molecule has 2 heterocycles. The Hall–Kier alpha value is -1.57. The first-order valence-corrected chi connectivity index (χ1v) is 7.67. The van der Waals surface area contributed by atoms with Crippen LogP contribution in [-0.2, 0) is 16.6 Å². The summed E-state index contributed by atoms with van der Waals surface area (Å²) >= 11 is 5.67. The molecule has 0 amide bonds. The summed E-state index contributed by atoms with van der Waals surface area (Å²) in [6.07, 6.45) is 2.61. The highest BCUT2D eigenvalue weighted by Crippen LogP contribution is 2.18. The van der Waals surface area contributed by atoms with Crippen LogP contribution in [0.4, 0.5) is 0 Å². The number of rotatable bonds is 5. The summed E-state index contributed by atoms with van der Waals surface area (Å²) in [6, 6.07) is 4.52. The zero-order valence-electron chi connectivity index (χ0n) is 10.7. The Kier molecular flexibility index (Phi) is 4.32. The minimum atomic E-state index is -3.75. The van der Waals surface area contributed by atoms with E-state index in [2.05, 4.69) is 4.98 Å². The molecule has 0 saturated carbocycles. The second-order valence-corrected chi connectivity index (χ2v) is 6.37. The van der Waals surface area contributed by atoms with Crippen molar-refractivity contribution in [1.82, 2.24) is 9.29 Å². The van der Waals surface area contributed by atoms with Gasteiger partial charge < -0.3 is 9.40 Å². The van der Waals surface area contributed by atoms with Crippen molar-refractivity contribution in [3.8, 4) is 0 Å². The molecule has 8 heteroatoms. The molecule has 2 aromatic heterocycles. The van der Waals surface area contributed by atoms with Crippen LogP contribution < -0.4 is 5.56 Å². The Bertz CT molecular complexity index is 737. The van der Waals surface area contributed by atoms with E-state index >= 15 is 0 Å². The van der Waals surface area contributed by atoms with Gasteiger partial charge in [0, 0.05) is 12.7 Å². The van der Waals surface area contributed by atoms with E-state index in [0.29, 0.717) is 5.76 Å². The average Bonchev–Trinajstić information content (AvgIpc) is 2.91. The molecule has 0 saturated heterocycles. The van der Waals surface area contributed by atoms with Gasteiger partial charge in [-0.2, -0.15) is 4.31 Å². The average molecular weight is 317 g/mol. The summed E-state index contributed by atoms with van der Waals surface area (Å²) in [5, 5.41) is -0.167. The monoisotopic (exact) mass is 316 g/mol. The molecule has 2 rings (SSSR count). The zero-order valence-corrected chi connectivity index (χ0v) is 12.2. The molecular weight excluding hydrogens is 304 g/mol. The largest absolute Gasteiger partial charge is 0.468 e. The third-order valence-corrected chi connectivity index (χ3v) is 4.91. The number of nitrogens with zero attached hydrogens (tertiary/aromatic N) is 1. The number of nitrogens with one attached hydrogen (secondary N) is 1. The molecule has 0 unspecified atom stereocenters. The van der Waals surface area contributed by atoms with Crippen LogP contribution in [0.15, 0.2) is 44.8 Å². The Morgan fingerprint density at radius 3 is 2.75 bits per heavy atom. The second kappa shape index (κ2) is 5.82. The van der Waals surface area contributed by atoms with Crippen LogP contribution in [0, 0.1) is 0 Å². The molecule has 0 spiro atoms. The minimum absolute atomic E-state index is 0.0597. The molecule has 0 radical (unpaired) electrons. The van der Waals surface area contributed by atoms with Gasteiger partial charge in [-0.3, -0.25) is 4.79 Å². The lowest BCUT2D eigenvalue weighted by molar-refractivity contribution is 0.375. The van der Waals surface area contributed by atoms with Crippen molar-refractivity contribution in [3.63, 3.8) is 0 Å². The molecule has 0 aliphatic heterocycles. The van der Waals surface area contributed by atoms with Gasteiger partial charge in [0.05, 0.1) is 17.7 Å². The number of H-pyrrole nitrogens is 1. The van der Waals surface area contributed by atoms with Crippen molar-refractivity contribution in [2.24, 2.45) is 0 Å². The fourth-order valence-corrected chi connectivity index (χ4v) is 3.33. The van der Waals surface area contributed by atoms with Gasteiger partial charge in [-0.15, -0.1) is 0 Å². The van der Waals surface area contributed by atoms with E-state index in [1.807, 2.05) is 0 Å². The molecule has 6 nitrogen and oxygen atoms in total. The third-order valence-electron chi connectivity index (χ3n) is 2.73. The van der Waals surface area contributed by atoms with E-state index in [1.165, 1.54) is 10.6 Å². The van der Waals surface area contributed by atoms with Crippen molar-refractivity contribution in [2.75, 3.05) is 6.54 Å². The predicted molar refractivity (Wildman–Crippen MR) is 74.1 cm³/mol. The molecule has 0 bridgehead atoms. The van der Waals surface area contributed by atoms with E-state index in [4.69, 9.17) is 16.0 Å². The maximum Gasteiger partial charge on any atom is 0.266 e. The maximum absolute atomic E-state index is 12.5. The van der Waals surface area contributed by atoms with E-state index in [-0.39, 0.29) is 23.0 Å². The van der Waals surface area contributed by atoms with Crippen LogP contribution in [-0.4, -0.2) is 24.3 Å². The van der Waals surface area contributed by atoms with Gasteiger partial charge in [0.2, 0.25) is 10.0 Å². The molecule has 108 valence electrons. The van der Waals surface area contributed by atoms with E-state index in [1.54, 1.807) is 19.1 Å². The molecule has 0 aromatic carbocycles. The highest BCUT2D eigenvalue weighted by atomic mass is 35.5. The lowest BCUT2D eigenvalue weighted by Gasteiger charge is -2.19. The van der Waals surface area contributed by atoms with Crippen molar-refractivity contribution in [3.05, 3.63) is 51.8 Å². The van der Waals surface area contributed by atoms with Crippen molar-refractivity contribution in [1.29, 1.82) is 0 Å². The Morgan fingerprint density at radius 2 is 2.20 bits per heavy atom. The van der Waals surface area contributed by atoms with Gasteiger partial charge >= 0.3 is 0 Å². The molecule has 0 fully saturated rings. The molecule has 0 aliphatic rings. The van der Waals surface area contributed by atoms with Gasteiger partial charge in [0.1, 0.15) is 10.8 Å². The second-order valence-electron chi connectivity index (χ2n) is 4.02. The molecule has 20 heavy (non-hydrogen) atoms. The summed E-state index contributed by atoms with van der Waals surface area (Å²) in [5.74, 6) is 0.533. The smallest absolute Gasteiger partial charge is 0.266 e. The third kappa shape index (κ3) is 2.95.